The number of hydrogen-bond donors (Lipinski definition) is 1. The molecule has 21 heavy (non-hydrogen) atoms. The second kappa shape index (κ2) is 7.15. The average molecular weight is 306 g/mol. The first-order chi connectivity index (χ1) is 10.3. The minimum absolute atomic E-state index is 0.369. The first-order valence-electron chi connectivity index (χ1n) is 8.67. The Morgan fingerprint density at radius 3 is 2.71 bits per heavy atom. The second-order valence-corrected chi connectivity index (χ2v) is 7.38. The lowest BCUT2D eigenvalue weighted by atomic mass is 9.75. The van der Waals surface area contributed by atoms with Crippen LogP contribution in [-0.2, 0) is 6.42 Å². The predicted octanol–water partition coefficient (Wildman–Crippen LogP) is 4.89. The highest BCUT2D eigenvalue weighted by atomic mass is 35.5. The van der Waals surface area contributed by atoms with Gasteiger partial charge in [0, 0.05) is 19.0 Å². The van der Waals surface area contributed by atoms with Crippen LogP contribution < -0.4 is 5.32 Å². The highest BCUT2D eigenvalue weighted by Gasteiger charge is 2.31. The van der Waals surface area contributed by atoms with Gasteiger partial charge in [-0.3, -0.25) is 0 Å². The van der Waals surface area contributed by atoms with Gasteiger partial charge in [-0.2, -0.15) is 0 Å². The van der Waals surface area contributed by atoms with Crippen LogP contribution >= 0.6 is 11.6 Å². The maximum atomic E-state index is 6.30. The summed E-state index contributed by atoms with van der Waals surface area (Å²) in [5.41, 5.74) is 3.52. The summed E-state index contributed by atoms with van der Waals surface area (Å²) in [6.45, 7) is 2.23. The van der Waals surface area contributed by atoms with Gasteiger partial charge in [-0.25, -0.2) is 0 Å². The number of aryl methyl sites for hydroxylation is 1. The van der Waals surface area contributed by atoms with E-state index in [1.54, 1.807) is 11.1 Å². The quantitative estimate of drug-likeness (QED) is 0.764. The van der Waals surface area contributed by atoms with Crippen LogP contribution in [0.1, 0.15) is 62.0 Å². The zero-order valence-electron chi connectivity index (χ0n) is 13.0. The monoisotopic (exact) mass is 305 g/mol. The second-order valence-electron chi connectivity index (χ2n) is 7.11. The topological polar surface area (TPSA) is 12.0 Å². The molecule has 0 aliphatic heterocycles. The van der Waals surface area contributed by atoms with E-state index in [1.165, 1.54) is 51.4 Å². The van der Waals surface area contributed by atoms with Crippen LogP contribution in [0.3, 0.4) is 0 Å². The fourth-order valence-corrected chi connectivity index (χ4v) is 4.60. The minimum atomic E-state index is 0.369. The molecule has 1 unspecified atom stereocenters. The third-order valence-electron chi connectivity index (χ3n) is 5.58. The van der Waals surface area contributed by atoms with Crippen molar-refractivity contribution < 1.29 is 0 Å². The summed E-state index contributed by atoms with van der Waals surface area (Å²) in [4.78, 5) is 0. The third-order valence-corrected chi connectivity index (χ3v) is 6.15. The number of halogens is 1. The molecule has 0 saturated heterocycles. The molecule has 2 aliphatic rings. The van der Waals surface area contributed by atoms with Gasteiger partial charge < -0.3 is 5.32 Å². The van der Waals surface area contributed by atoms with Crippen molar-refractivity contribution in [2.24, 2.45) is 5.41 Å². The van der Waals surface area contributed by atoms with Crippen molar-refractivity contribution in [2.45, 2.75) is 57.3 Å². The number of hydrogen-bond acceptors (Lipinski definition) is 1. The summed E-state index contributed by atoms with van der Waals surface area (Å²) in [5.74, 6) is 1.52. The van der Waals surface area contributed by atoms with E-state index in [0.29, 0.717) is 11.3 Å². The van der Waals surface area contributed by atoms with Gasteiger partial charge in [-0.05, 0) is 54.6 Å². The molecule has 1 nitrogen and oxygen atoms in total. The lowest BCUT2D eigenvalue weighted by Gasteiger charge is -2.36. The molecule has 1 fully saturated rings. The van der Waals surface area contributed by atoms with Crippen molar-refractivity contribution in [3.05, 3.63) is 35.4 Å². The number of benzene rings is 1. The Hall–Kier alpha value is -0.530. The molecule has 116 valence electrons. The molecular weight excluding hydrogens is 278 g/mol. The van der Waals surface area contributed by atoms with Crippen molar-refractivity contribution in [3.8, 4) is 0 Å². The molecule has 1 aromatic rings. The minimum Gasteiger partial charge on any atom is -0.316 e. The van der Waals surface area contributed by atoms with Gasteiger partial charge in [0.25, 0.3) is 0 Å². The highest BCUT2D eigenvalue weighted by molar-refractivity contribution is 6.18. The Morgan fingerprint density at radius 1 is 1.10 bits per heavy atom. The summed E-state index contributed by atoms with van der Waals surface area (Å²) in [6, 6.07) is 9.01. The molecule has 0 radical (unpaired) electrons. The lowest BCUT2D eigenvalue weighted by Crippen LogP contribution is -2.39. The van der Waals surface area contributed by atoms with Gasteiger partial charge in [0.2, 0.25) is 0 Å². The maximum absolute atomic E-state index is 6.30. The first-order valence-corrected chi connectivity index (χ1v) is 9.21. The summed E-state index contributed by atoms with van der Waals surface area (Å²) < 4.78 is 0. The number of fused-ring (bicyclic) bond motifs is 1. The largest absolute Gasteiger partial charge is 0.316 e. The van der Waals surface area contributed by atoms with Gasteiger partial charge in [0.1, 0.15) is 0 Å². The van der Waals surface area contributed by atoms with Crippen molar-refractivity contribution in [3.63, 3.8) is 0 Å². The molecule has 1 aromatic carbocycles. The molecule has 0 bridgehead atoms. The molecule has 1 saturated carbocycles. The molecule has 1 N–H and O–H groups in total. The van der Waals surface area contributed by atoms with Crippen LogP contribution in [0.5, 0.6) is 0 Å². The summed E-state index contributed by atoms with van der Waals surface area (Å²) >= 11 is 6.30. The predicted molar refractivity (Wildman–Crippen MR) is 91.2 cm³/mol. The first kappa shape index (κ1) is 15.4. The molecule has 3 rings (SSSR count). The highest BCUT2D eigenvalue weighted by Crippen LogP contribution is 2.37. The Morgan fingerprint density at radius 2 is 1.90 bits per heavy atom. The van der Waals surface area contributed by atoms with Crippen molar-refractivity contribution in [1.82, 2.24) is 5.32 Å². The molecule has 0 heterocycles. The van der Waals surface area contributed by atoms with Gasteiger partial charge >= 0.3 is 0 Å². The van der Waals surface area contributed by atoms with E-state index < -0.39 is 0 Å². The van der Waals surface area contributed by atoms with E-state index in [4.69, 9.17) is 11.6 Å². The molecular formula is C19H28ClN. The van der Waals surface area contributed by atoms with E-state index in [1.807, 2.05) is 0 Å². The number of rotatable bonds is 5. The number of alkyl halides is 1. The van der Waals surface area contributed by atoms with Crippen molar-refractivity contribution in [1.29, 1.82) is 0 Å². The molecule has 0 aromatic heterocycles. The lowest BCUT2D eigenvalue weighted by molar-refractivity contribution is 0.211. The summed E-state index contributed by atoms with van der Waals surface area (Å²) in [7, 11) is 0. The fourth-order valence-electron chi connectivity index (χ4n) is 4.24. The Bertz CT molecular complexity index is 451. The van der Waals surface area contributed by atoms with Crippen LogP contribution in [0, 0.1) is 5.41 Å². The van der Waals surface area contributed by atoms with Crippen LogP contribution in [0.4, 0.5) is 0 Å². The van der Waals surface area contributed by atoms with E-state index in [-0.39, 0.29) is 0 Å². The Kier molecular flexibility index (Phi) is 5.24. The van der Waals surface area contributed by atoms with Gasteiger partial charge in [-0.15, -0.1) is 11.6 Å². The van der Waals surface area contributed by atoms with Crippen LogP contribution in [-0.4, -0.2) is 19.0 Å². The van der Waals surface area contributed by atoms with Crippen LogP contribution in [0.15, 0.2) is 24.3 Å². The molecule has 2 heteroatoms. The maximum Gasteiger partial charge on any atom is 0.0292 e. The van der Waals surface area contributed by atoms with Gasteiger partial charge in [0.15, 0.2) is 0 Å². The van der Waals surface area contributed by atoms with Crippen molar-refractivity contribution >= 4 is 11.6 Å². The van der Waals surface area contributed by atoms with Crippen LogP contribution in [0.2, 0.25) is 0 Å². The van der Waals surface area contributed by atoms with E-state index in [0.717, 1.165) is 19.0 Å². The average Bonchev–Trinajstić information content (AvgIpc) is 2.56. The molecule has 0 amide bonds. The fraction of sp³-hybridized carbons (Fsp3) is 0.684. The van der Waals surface area contributed by atoms with E-state index >= 15 is 0 Å². The Balaban J connectivity index is 1.56. The normalized spacial score (nSPS) is 24.5. The smallest absolute Gasteiger partial charge is 0.0292 e. The third kappa shape index (κ3) is 3.63. The summed E-state index contributed by atoms with van der Waals surface area (Å²) in [6.07, 6.45) is 10.7. The standard InChI is InChI=1S/C19H28ClN/c20-14-19(11-4-1-5-12-19)15-21-13-17-9-6-8-16-7-2-3-10-18(16)17/h2-3,7,10,17,21H,1,4-6,8-9,11-15H2. The van der Waals surface area contributed by atoms with E-state index in [2.05, 4.69) is 29.6 Å². The molecule has 0 spiro atoms. The Labute approximate surface area is 134 Å². The SMILES string of the molecule is ClCC1(CNCC2CCCc3ccccc32)CCCCC1. The zero-order chi connectivity index (χ0) is 14.5. The molecule has 1 atom stereocenters. The summed E-state index contributed by atoms with van der Waals surface area (Å²) in [5, 5.41) is 3.77. The van der Waals surface area contributed by atoms with E-state index in [9.17, 15) is 0 Å². The van der Waals surface area contributed by atoms with Crippen LogP contribution in [0.25, 0.3) is 0 Å². The number of nitrogens with one attached hydrogen (secondary N) is 1. The van der Waals surface area contributed by atoms with Gasteiger partial charge in [-0.1, -0.05) is 43.5 Å². The van der Waals surface area contributed by atoms with Gasteiger partial charge in [0.05, 0.1) is 0 Å². The molecule has 2 aliphatic carbocycles. The van der Waals surface area contributed by atoms with Crippen molar-refractivity contribution in [2.75, 3.05) is 19.0 Å². The zero-order valence-corrected chi connectivity index (χ0v) is 13.8.